The molecule has 0 atom stereocenters. The highest BCUT2D eigenvalue weighted by Crippen LogP contribution is 2.00. The fraction of sp³-hybridized carbons (Fsp3) is 0.100. The molecule has 2 aromatic heterocycles. The van der Waals surface area contributed by atoms with Gasteiger partial charge in [0.2, 0.25) is 0 Å². The van der Waals surface area contributed by atoms with Crippen LogP contribution in [0.4, 0.5) is 4.39 Å². The Morgan fingerprint density at radius 3 is 3.06 bits per heavy atom. The Hall–Kier alpha value is -2.24. The molecule has 0 aliphatic carbocycles. The van der Waals surface area contributed by atoms with Gasteiger partial charge in [-0.2, -0.15) is 0 Å². The van der Waals surface area contributed by atoms with Crippen molar-refractivity contribution < 1.29 is 9.18 Å². The van der Waals surface area contributed by atoms with Crippen LogP contribution in [0.3, 0.4) is 0 Å². The predicted molar refractivity (Wildman–Crippen MR) is 54.0 cm³/mol. The fourth-order valence-corrected chi connectivity index (χ4v) is 1.20. The highest BCUT2D eigenvalue weighted by molar-refractivity contribution is 5.93. The van der Waals surface area contributed by atoms with Crippen LogP contribution in [-0.2, 0) is 6.54 Å². The number of rotatable bonds is 3. The third-order valence-corrected chi connectivity index (χ3v) is 1.94. The second-order valence-electron chi connectivity index (χ2n) is 3.11. The summed E-state index contributed by atoms with van der Waals surface area (Å²) in [6.45, 7) is 0.266. The Bertz CT molecular complexity index is 483. The van der Waals surface area contributed by atoms with Gasteiger partial charge in [-0.3, -0.25) is 9.78 Å². The van der Waals surface area contributed by atoms with Crippen molar-refractivity contribution in [3.8, 4) is 0 Å². The van der Waals surface area contributed by atoms with Gasteiger partial charge in [0.1, 0.15) is 11.6 Å². The molecule has 5 nitrogen and oxygen atoms in total. The second-order valence-corrected chi connectivity index (χ2v) is 3.11. The number of halogens is 1. The number of hydrogen-bond acceptors (Lipinski definition) is 3. The third kappa shape index (κ3) is 2.41. The molecule has 0 aliphatic heterocycles. The molecule has 1 amide bonds. The van der Waals surface area contributed by atoms with Crippen LogP contribution in [0.2, 0.25) is 0 Å². The summed E-state index contributed by atoms with van der Waals surface area (Å²) in [5.41, 5.74) is 0.187. The van der Waals surface area contributed by atoms with Crippen molar-refractivity contribution in [2.24, 2.45) is 0 Å². The summed E-state index contributed by atoms with van der Waals surface area (Å²) in [7, 11) is 0. The summed E-state index contributed by atoms with van der Waals surface area (Å²) < 4.78 is 12.8. The summed E-state index contributed by atoms with van der Waals surface area (Å²) in [6, 6.07) is 1.13. The largest absolute Gasteiger partial charge is 0.347 e. The first-order chi connectivity index (χ1) is 7.75. The highest BCUT2D eigenvalue weighted by Gasteiger charge is 2.07. The van der Waals surface area contributed by atoms with Gasteiger partial charge >= 0.3 is 0 Å². The van der Waals surface area contributed by atoms with E-state index >= 15 is 0 Å². The van der Waals surface area contributed by atoms with Gasteiger partial charge < -0.3 is 10.3 Å². The van der Waals surface area contributed by atoms with Crippen molar-refractivity contribution in [3.63, 3.8) is 0 Å². The Balaban J connectivity index is 1.98. The number of hydrogen-bond donors (Lipinski definition) is 2. The molecule has 0 spiro atoms. The van der Waals surface area contributed by atoms with Crippen molar-refractivity contribution in [1.82, 2.24) is 20.3 Å². The molecule has 2 heterocycles. The van der Waals surface area contributed by atoms with Gasteiger partial charge in [-0.25, -0.2) is 9.37 Å². The molecular formula is C10H9FN4O. The quantitative estimate of drug-likeness (QED) is 0.806. The summed E-state index contributed by atoms with van der Waals surface area (Å²) in [5.74, 6) is -0.285. The Labute approximate surface area is 90.7 Å². The molecule has 0 aliphatic rings. The maximum absolute atomic E-state index is 12.8. The molecule has 6 heteroatoms. The number of nitrogens with zero attached hydrogens (tertiary/aromatic N) is 2. The molecule has 2 N–H and O–H groups in total. The van der Waals surface area contributed by atoms with Crippen LogP contribution in [-0.4, -0.2) is 20.9 Å². The van der Waals surface area contributed by atoms with Crippen LogP contribution in [0, 0.1) is 5.82 Å². The molecule has 0 bridgehead atoms. The average Bonchev–Trinajstić information content (AvgIpc) is 2.78. The lowest BCUT2D eigenvalue weighted by Gasteiger charge is -2.02. The Kier molecular flexibility index (Phi) is 2.90. The van der Waals surface area contributed by atoms with Crippen molar-refractivity contribution in [2.75, 3.05) is 0 Å². The van der Waals surface area contributed by atoms with Gasteiger partial charge in [-0.05, 0) is 6.07 Å². The molecule has 82 valence electrons. The van der Waals surface area contributed by atoms with E-state index in [-0.39, 0.29) is 18.0 Å². The number of pyridine rings is 1. The van der Waals surface area contributed by atoms with Crippen molar-refractivity contribution in [1.29, 1.82) is 0 Å². The molecule has 0 fully saturated rings. The minimum Gasteiger partial charge on any atom is -0.347 e. The molecule has 0 saturated heterocycles. The summed E-state index contributed by atoms with van der Waals surface area (Å²) in [5, 5.41) is 2.59. The van der Waals surface area contributed by atoms with Crippen LogP contribution >= 0.6 is 0 Å². The van der Waals surface area contributed by atoms with E-state index in [2.05, 4.69) is 20.3 Å². The van der Waals surface area contributed by atoms with E-state index in [4.69, 9.17) is 0 Å². The van der Waals surface area contributed by atoms with E-state index in [1.807, 2.05) is 0 Å². The van der Waals surface area contributed by atoms with Crippen LogP contribution in [0.5, 0.6) is 0 Å². The number of amides is 1. The first-order valence-electron chi connectivity index (χ1n) is 4.63. The molecule has 16 heavy (non-hydrogen) atoms. The SMILES string of the molecule is O=C(NCc1ncc[nH]1)c1cncc(F)c1. The normalized spacial score (nSPS) is 10.1. The zero-order valence-corrected chi connectivity index (χ0v) is 8.27. The molecular weight excluding hydrogens is 211 g/mol. The summed E-state index contributed by atoms with van der Waals surface area (Å²) in [4.78, 5) is 21.9. The van der Waals surface area contributed by atoms with Crippen LogP contribution in [0.25, 0.3) is 0 Å². The number of carbonyl (C=O) groups is 1. The first kappa shape index (κ1) is 10.3. The lowest BCUT2D eigenvalue weighted by Crippen LogP contribution is -2.23. The highest BCUT2D eigenvalue weighted by atomic mass is 19.1. The Morgan fingerprint density at radius 2 is 2.38 bits per heavy atom. The van der Waals surface area contributed by atoms with Crippen LogP contribution < -0.4 is 5.32 Å². The molecule has 0 radical (unpaired) electrons. The standard InChI is InChI=1S/C10H9FN4O/c11-8-3-7(4-12-5-8)10(16)15-6-9-13-1-2-14-9/h1-5H,6H2,(H,13,14)(H,15,16). The van der Waals surface area contributed by atoms with E-state index < -0.39 is 5.82 Å². The number of carbonyl (C=O) groups excluding carboxylic acids is 1. The van der Waals surface area contributed by atoms with Gasteiger partial charge in [0.25, 0.3) is 5.91 Å². The molecule has 0 aromatic carbocycles. The van der Waals surface area contributed by atoms with Gasteiger partial charge in [0.15, 0.2) is 0 Å². The zero-order valence-electron chi connectivity index (χ0n) is 8.27. The van der Waals surface area contributed by atoms with Crippen molar-refractivity contribution in [2.45, 2.75) is 6.54 Å². The lowest BCUT2D eigenvalue weighted by molar-refractivity contribution is 0.0949. The lowest BCUT2D eigenvalue weighted by atomic mass is 10.2. The first-order valence-corrected chi connectivity index (χ1v) is 4.63. The molecule has 0 unspecified atom stereocenters. The summed E-state index contributed by atoms with van der Waals surface area (Å²) >= 11 is 0. The van der Waals surface area contributed by atoms with E-state index in [0.717, 1.165) is 12.3 Å². The van der Waals surface area contributed by atoms with Crippen LogP contribution in [0.1, 0.15) is 16.2 Å². The van der Waals surface area contributed by atoms with Gasteiger partial charge in [-0.1, -0.05) is 0 Å². The maximum Gasteiger partial charge on any atom is 0.253 e. The van der Waals surface area contributed by atoms with Crippen LogP contribution in [0.15, 0.2) is 30.9 Å². The number of aromatic amines is 1. The van der Waals surface area contributed by atoms with Crippen molar-refractivity contribution in [3.05, 3.63) is 48.1 Å². The monoisotopic (exact) mass is 220 g/mol. The number of imidazole rings is 1. The smallest absolute Gasteiger partial charge is 0.253 e. The average molecular weight is 220 g/mol. The maximum atomic E-state index is 12.8. The third-order valence-electron chi connectivity index (χ3n) is 1.94. The zero-order chi connectivity index (χ0) is 11.4. The number of aromatic nitrogens is 3. The Morgan fingerprint density at radius 1 is 1.50 bits per heavy atom. The minimum absolute atomic E-state index is 0.187. The van der Waals surface area contributed by atoms with E-state index in [0.29, 0.717) is 5.82 Å². The van der Waals surface area contributed by atoms with E-state index in [9.17, 15) is 9.18 Å². The molecule has 2 aromatic rings. The van der Waals surface area contributed by atoms with E-state index in [1.165, 1.54) is 6.20 Å². The van der Waals surface area contributed by atoms with Gasteiger partial charge in [-0.15, -0.1) is 0 Å². The molecule has 0 saturated carbocycles. The van der Waals surface area contributed by atoms with Gasteiger partial charge in [0.05, 0.1) is 18.3 Å². The number of nitrogens with one attached hydrogen (secondary N) is 2. The molecule has 2 rings (SSSR count). The van der Waals surface area contributed by atoms with Crippen molar-refractivity contribution >= 4 is 5.91 Å². The second kappa shape index (κ2) is 4.52. The number of H-pyrrole nitrogens is 1. The predicted octanol–water partition coefficient (Wildman–Crippen LogP) is 0.874. The van der Waals surface area contributed by atoms with Gasteiger partial charge in [0, 0.05) is 18.6 Å². The topological polar surface area (TPSA) is 70.7 Å². The van der Waals surface area contributed by atoms with E-state index in [1.54, 1.807) is 12.4 Å². The minimum atomic E-state index is -0.536. The summed E-state index contributed by atoms with van der Waals surface area (Å²) in [6.07, 6.45) is 5.60. The fourth-order valence-electron chi connectivity index (χ4n) is 1.20.